The lowest BCUT2D eigenvalue weighted by Gasteiger charge is -2.17. The van der Waals surface area contributed by atoms with Gasteiger partial charge in [-0.3, -0.25) is 0 Å². The number of nitrogens with zero attached hydrogens (tertiary/aromatic N) is 2. The van der Waals surface area contributed by atoms with E-state index in [2.05, 4.69) is 15.3 Å². The Hall–Kier alpha value is -2.80. The van der Waals surface area contributed by atoms with E-state index >= 15 is 0 Å². The maximum absolute atomic E-state index is 12.6. The van der Waals surface area contributed by atoms with Gasteiger partial charge in [0.25, 0.3) is 0 Å². The Morgan fingerprint density at radius 2 is 1.54 bits per heavy atom. The van der Waals surface area contributed by atoms with Gasteiger partial charge in [-0.2, -0.15) is 13.2 Å². The number of rotatable bonds is 5. The maximum atomic E-state index is 12.6. The van der Waals surface area contributed by atoms with Crippen LogP contribution in [0.25, 0.3) is 0 Å². The molecule has 3 aromatic rings. The number of nitrogens with one attached hydrogen (secondary N) is 1. The molecule has 0 saturated carbocycles. The first-order valence-electron chi connectivity index (χ1n) is 8.43. The quantitative estimate of drug-likeness (QED) is 0.530. The van der Waals surface area contributed by atoms with Crippen LogP contribution >= 0.6 is 11.6 Å². The minimum absolute atomic E-state index is 0.0769. The number of hydrogen-bond donors (Lipinski definition) is 1. The first-order valence-corrected chi connectivity index (χ1v) is 8.80. The second kappa shape index (κ2) is 8.06. The number of halogens is 4. The van der Waals surface area contributed by atoms with Crippen LogP contribution in [0.4, 0.5) is 19.0 Å². The van der Waals surface area contributed by atoms with Gasteiger partial charge < -0.3 is 10.1 Å². The Labute approximate surface area is 165 Å². The Bertz CT molecular complexity index is 944. The van der Waals surface area contributed by atoms with Crippen LogP contribution in [0.5, 0.6) is 11.5 Å². The zero-order valence-corrected chi connectivity index (χ0v) is 15.8. The molecule has 0 aliphatic heterocycles. The smallest absolute Gasteiger partial charge is 0.416 e. The van der Waals surface area contributed by atoms with Gasteiger partial charge in [-0.25, -0.2) is 9.97 Å². The van der Waals surface area contributed by atoms with Crippen molar-refractivity contribution in [2.45, 2.75) is 26.1 Å². The van der Waals surface area contributed by atoms with Crippen LogP contribution in [0, 0.1) is 6.92 Å². The van der Waals surface area contributed by atoms with E-state index in [1.165, 1.54) is 18.5 Å². The lowest BCUT2D eigenvalue weighted by atomic mass is 10.1. The Morgan fingerprint density at radius 3 is 2.11 bits per heavy atom. The van der Waals surface area contributed by atoms with E-state index < -0.39 is 11.7 Å². The summed E-state index contributed by atoms with van der Waals surface area (Å²) in [4.78, 5) is 8.17. The van der Waals surface area contributed by atoms with E-state index in [4.69, 9.17) is 16.3 Å². The number of benzene rings is 2. The third-order valence-electron chi connectivity index (χ3n) is 4.11. The maximum Gasteiger partial charge on any atom is 0.416 e. The zero-order chi connectivity index (χ0) is 20.3. The van der Waals surface area contributed by atoms with E-state index in [1.54, 1.807) is 19.1 Å². The molecule has 0 amide bonds. The van der Waals surface area contributed by atoms with Gasteiger partial charge in [-0.1, -0.05) is 23.7 Å². The third kappa shape index (κ3) is 4.72. The molecule has 146 valence electrons. The van der Waals surface area contributed by atoms with Crippen molar-refractivity contribution in [1.29, 1.82) is 0 Å². The highest BCUT2D eigenvalue weighted by Crippen LogP contribution is 2.32. The average Bonchev–Trinajstić information content (AvgIpc) is 2.66. The van der Waals surface area contributed by atoms with Crippen molar-refractivity contribution in [2.75, 3.05) is 5.32 Å². The summed E-state index contributed by atoms with van der Waals surface area (Å²) < 4.78 is 43.4. The predicted molar refractivity (Wildman–Crippen MR) is 102 cm³/mol. The predicted octanol–water partition coefficient (Wildman–Crippen LogP) is 6.42. The molecule has 2 aromatic carbocycles. The molecule has 8 heteroatoms. The van der Waals surface area contributed by atoms with Gasteiger partial charge in [0, 0.05) is 6.04 Å². The summed E-state index contributed by atoms with van der Waals surface area (Å²) in [6.45, 7) is 3.76. The lowest BCUT2D eigenvalue weighted by molar-refractivity contribution is -0.137. The van der Waals surface area contributed by atoms with Crippen molar-refractivity contribution < 1.29 is 17.9 Å². The molecule has 0 aliphatic rings. The van der Waals surface area contributed by atoms with Gasteiger partial charge in [-0.05, 0) is 55.8 Å². The molecule has 0 aliphatic carbocycles. The molecule has 0 bridgehead atoms. The van der Waals surface area contributed by atoms with Gasteiger partial charge >= 0.3 is 6.18 Å². The molecule has 1 unspecified atom stereocenters. The van der Waals surface area contributed by atoms with Gasteiger partial charge in [0.15, 0.2) is 0 Å². The summed E-state index contributed by atoms with van der Waals surface area (Å²) in [5.74, 6) is 1.40. The highest BCUT2D eigenvalue weighted by atomic mass is 35.5. The average molecular weight is 408 g/mol. The van der Waals surface area contributed by atoms with Crippen LogP contribution in [0.2, 0.25) is 5.02 Å². The van der Waals surface area contributed by atoms with Crippen LogP contribution in [-0.2, 0) is 6.18 Å². The van der Waals surface area contributed by atoms with Crippen molar-refractivity contribution >= 4 is 17.4 Å². The van der Waals surface area contributed by atoms with Crippen molar-refractivity contribution in [3.8, 4) is 11.5 Å². The van der Waals surface area contributed by atoms with Gasteiger partial charge in [-0.15, -0.1) is 0 Å². The highest BCUT2D eigenvalue weighted by molar-refractivity contribution is 6.33. The first kappa shape index (κ1) is 19.9. The molecule has 0 radical (unpaired) electrons. The van der Waals surface area contributed by atoms with E-state index in [9.17, 15) is 13.2 Å². The number of alkyl halides is 3. The number of anilines is 1. The van der Waals surface area contributed by atoms with E-state index in [0.29, 0.717) is 28.0 Å². The standard InChI is InChI=1S/C20H17ClF3N3O/c1-12(27-19-18(21)13(2)25-11-26-19)14-3-7-16(8-4-14)28-17-9-5-15(6-10-17)20(22,23)24/h3-12H,1-2H3,(H,25,26,27). The van der Waals surface area contributed by atoms with Crippen LogP contribution < -0.4 is 10.1 Å². The lowest BCUT2D eigenvalue weighted by Crippen LogP contribution is -2.09. The van der Waals surface area contributed by atoms with Gasteiger partial charge in [0.2, 0.25) is 0 Å². The fourth-order valence-corrected chi connectivity index (χ4v) is 2.67. The molecule has 4 nitrogen and oxygen atoms in total. The highest BCUT2D eigenvalue weighted by Gasteiger charge is 2.30. The molecule has 28 heavy (non-hydrogen) atoms. The largest absolute Gasteiger partial charge is 0.457 e. The van der Waals surface area contributed by atoms with Crippen LogP contribution in [0.15, 0.2) is 54.9 Å². The van der Waals surface area contributed by atoms with Crippen molar-refractivity contribution in [3.05, 3.63) is 76.7 Å². The summed E-state index contributed by atoms with van der Waals surface area (Å²) in [5, 5.41) is 3.70. The van der Waals surface area contributed by atoms with Gasteiger partial charge in [0.05, 0.1) is 11.3 Å². The summed E-state index contributed by atoms with van der Waals surface area (Å²) in [5.41, 5.74) is 0.937. The van der Waals surface area contributed by atoms with Crippen molar-refractivity contribution in [3.63, 3.8) is 0 Å². The number of aromatic nitrogens is 2. The summed E-state index contributed by atoms with van der Waals surface area (Å²) in [6.07, 6.45) is -2.92. The molecule has 1 heterocycles. The minimum atomic E-state index is -4.37. The van der Waals surface area contributed by atoms with Crippen molar-refractivity contribution in [2.24, 2.45) is 0 Å². The zero-order valence-electron chi connectivity index (χ0n) is 15.1. The van der Waals surface area contributed by atoms with Crippen LogP contribution in [0.3, 0.4) is 0 Å². The molecule has 1 aromatic heterocycles. The normalized spacial score (nSPS) is 12.5. The number of aryl methyl sites for hydroxylation is 1. The Morgan fingerprint density at radius 1 is 0.964 bits per heavy atom. The third-order valence-corrected chi connectivity index (χ3v) is 4.57. The molecular weight excluding hydrogens is 391 g/mol. The number of hydrogen-bond acceptors (Lipinski definition) is 4. The van der Waals surface area contributed by atoms with Crippen molar-refractivity contribution in [1.82, 2.24) is 9.97 Å². The molecular formula is C20H17ClF3N3O. The Kier molecular flexibility index (Phi) is 5.74. The SMILES string of the molecule is Cc1ncnc(NC(C)c2ccc(Oc3ccc(C(F)(F)F)cc3)cc2)c1Cl. The minimum Gasteiger partial charge on any atom is -0.457 e. The second-order valence-corrected chi connectivity index (χ2v) is 6.56. The molecule has 1 N–H and O–H groups in total. The fourth-order valence-electron chi connectivity index (χ4n) is 2.52. The van der Waals surface area contributed by atoms with Gasteiger partial charge in [0.1, 0.15) is 28.7 Å². The molecule has 0 fully saturated rings. The molecule has 3 rings (SSSR count). The molecule has 0 saturated heterocycles. The molecule has 1 atom stereocenters. The van der Waals surface area contributed by atoms with Crippen LogP contribution in [0.1, 0.15) is 29.8 Å². The monoisotopic (exact) mass is 407 g/mol. The summed E-state index contributed by atoms with van der Waals surface area (Å²) in [6, 6.07) is 11.7. The second-order valence-electron chi connectivity index (χ2n) is 6.18. The topological polar surface area (TPSA) is 47.0 Å². The van der Waals surface area contributed by atoms with E-state index in [1.807, 2.05) is 19.1 Å². The fraction of sp³-hybridized carbons (Fsp3) is 0.200. The number of ether oxygens (including phenoxy) is 1. The molecule has 0 spiro atoms. The van der Waals surface area contributed by atoms with E-state index in [0.717, 1.165) is 17.7 Å². The summed E-state index contributed by atoms with van der Waals surface area (Å²) in [7, 11) is 0. The van der Waals surface area contributed by atoms with Crippen LogP contribution in [-0.4, -0.2) is 9.97 Å². The first-order chi connectivity index (χ1) is 13.2. The van der Waals surface area contributed by atoms with E-state index in [-0.39, 0.29) is 6.04 Å². The summed E-state index contributed by atoms with van der Waals surface area (Å²) >= 11 is 6.20. The Balaban J connectivity index is 1.67.